The number of thiazole rings is 1. The van der Waals surface area contributed by atoms with Crippen LogP contribution in [0.25, 0.3) is 0 Å². The lowest BCUT2D eigenvalue weighted by Crippen LogP contribution is -2.33. The van der Waals surface area contributed by atoms with E-state index in [1.807, 2.05) is 6.92 Å². The molecule has 7 heteroatoms. The number of carbonyl (C=O) groups excluding carboxylic acids is 1. The van der Waals surface area contributed by atoms with Crippen LogP contribution in [0, 0.1) is 17.5 Å². The summed E-state index contributed by atoms with van der Waals surface area (Å²) in [5, 5.41) is 1.02. The number of rotatable bonds is 3. The first-order valence-corrected chi connectivity index (χ1v) is 8.64. The third kappa shape index (κ3) is 2.92. The van der Waals surface area contributed by atoms with Gasteiger partial charge >= 0.3 is 0 Å². The summed E-state index contributed by atoms with van der Waals surface area (Å²) in [6.07, 6.45) is 3.38. The Bertz CT molecular complexity index is 767. The lowest BCUT2D eigenvalue weighted by atomic mass is 9.96. The molecule has 1 aromatic heterocycles. The smallest absolute Gasteiger partial charge is 0.254 e. The SMILES string of the molecule is CCc1nc2c(s1)C(N(C)C(=O)c1cc(F)c(F)c(F)c1)CCC2. The maximum absolute atomic E-state index is 13.4. The molecule has 0 spiro atoms. The first kappa shape index (κ1) is 17.0. The average molecular weight is 354 g/mol. The molecule has 0 radical (unpaired) electrons. The van der Waals surface area contributed by atoms with Crippen LogP contribution in [-0.2, 0) is 12.8 Å². The molecule has 0 N–H and O–H groups in total. The van der Waals surface area contributed by atoms with Crippen molar-refractivity contribution in [1.29, 1.82) is 0 Å². The third-order valence-electron chi connectivity index (χ3n) is 4.29. The van der Waals surface area contributed by atoms with Gasteiger partial charge in [-0.05, 0) is 37.8 Å². The molecular formula is C17H17F3N2OS. The fourth-order valence-corrected chi connectivity index (χ4v) is 4.22. The van der Waals surface area contributed by atoms with E-state index in [1.54, 1.807) is 18.4 Å². The zero-order valence-electron chi connectivity index (χ0n) is 13.4. The average Bonchev–Trinajstić information content (AvgIpc) is 3.01. The summed E-state index contributed by atoms with van der Waals surface area (Å²) in [4.78, 5) is 19.7. The van der Waals surface area contributed by atoms with Gasteiger partial charge in [0.05, 0.1) is 21.6 Å². The molecule has 3 nitrogen and oxygen atoms in total. The molecule has 0 fully saturated rings. The van der Waals surface area contributed by atoms with E-state index in [0.717, 1.165) is 53.4 Å². The molecule has 1 aliphatic carbocycles. The summed E-state index contributed by atoms with van der Waals surface area (Å²) < 4.78 is 39.9. The summed E-state index contributed by atoms with van der Waals surface area (Å²) in [6, 6.07) is 1.31. The predicted octanol–water partition coefficient (Wildman–Crippen LogP) is 4.27. The molecular weight excluding hydrogens is 337 g/mol. The van der Waals surface area contributed by atoms with E-state index >= 15 is 0 Å². The number of aryl methyl sites for hydroxylation is 2. The first-order chi connectivity index (χ1) is 11.4. The van der Waals surface area contributed by atoms with Gasteiger partial charge in [-0.1, -0.05) is 6.92 Å². The normalized spacial score (nSPS) is 16.8. The number of aromatic nitrogens is 1. The molecule has 0 saturated heterocycles. The molecule has 0 bridgehead atoms. The summed E-state index contributed by atoms with van der Waals surface area (Å²) in [6.45, 7) is 2.03. The second kappa shape index (κ2) is 6.55. The molecule has 1 atom stereocenters. The number of hydrogen-bond donors (Lipinski definition) is 0. The highest BCUT2D eigenvalue weighted by atomic mass is 32.1. The number of benzene rings is 1. The minimum absolute atomic E-state index is 0.171. The molecule has 1 unspecified atom stereocenters. The zero-order valence-corrected chi connectivity index (χ0v) is 14.2. The summed E-state index contributed by atoms with van der Waals surface area (Å²) in [7, 11) is 1.60. The number of carbonyl (C=O) groups is 1. The Kier molecular flexibility index (Phi) is 4.62. The van der Waals surface area contributed by atoms with E-state index in [4.69, 9.17) is 0 Å². The van der Waals surface area contributed by atoms with E-state index in [-0.39, 0.29) is 11.6 Å². The van der Waals surface area contributed by atoms with Crippen molar-refractivity contribution in [1.82, 2.24) is 9.88 Å². The zero-order chi connectivity index (χ0) is 17.4. The van der Waals surface area contributed by atoms with Crippen molar-refractivity contribution in [3.8, 4) is 0 Å². The Balaban J connectivity index is 1.91. The van der Waals surface area contributed by atoms with E-state index in [9.17, 15) is 18.0 Å². The number of amides is 1. The molecule has 0 saturated carbocycles. The molecule has 0 aliphatic heterocycles. The summed E-state index contributed by atoms with van der Waals surface area (Å²) >= 11 is 1.58. The van der Waals surface area contributed by atoms with Crippen LogP contribution >= 0.6 is 11.3 Å². The Morgan fingerprint density at radius 3 is 2.62 bits per heavy atom. The van der Waals surface area contributed by atoms with Crippen LogP contribution in [0.1, 0.15) is 51.7 Å². The van der Waals surface area contributed by atoms with Gasteiger partial charge < -0.3 is 4.90 Å². The maximum atomic E-state index is 13.4. The van der Waals surface area contributed by atoms with E-state index in [1.165, 1.54) is 4.90 Å². The first-order valence-electron chi connectivity index (χ1n) is 7.82. The highest BCUT2D eigenvalue weighted by molar-refractivity contribution is 7.11. The van der Waals surface area contributed by atoms with Gasteiger partial charge in [-0.3, -0.25) is 4.79 Å². The number of nitrogens with zero attached hydrogens (tertiary/aromatic N) is 2. The second-order valence-electron chi connectivity index (χ2n) is 5.85. The largest absolute Gasteiger partial charge is 0.334 e. The lowest BCUT2D eigenvalue weighted by Gasteiger charge is -2.30. The lowest BCUT2D eigenvalue weighted by molar-refractivity contribution is 0.0716. The standard InChI is InChI=1S/C17H17F3N2OS/c1-3-14-21-12-5-4-6-13(16(12)24-14)22(2)17(23)9-7-10(18)15(20)11(19)8-9/h7-8,13H,3-6H2,1-2H3. The van der Waals surface area contributed by atoms with Crippen LogP contribution in [0.15, 0.2) is 12.1 Å². The van der Waals surface area contributed by atoms with Crippen molar-refractivity contribution in [3.05, 3.63) is 50.7 Å². The van der Waals surface area contributed by atoms with Crippen molar-refractivity contribution in [3.63, 3.8) is 0 Å². The summed E-state index contributed by atoms with van der Waals surface area (Å²) in [5.74, 6) is -4.81. The van der Waals surface area contributed by atoms with E-state index in [0.29, 0.717) is 0 Å². The molecule has 24 heavy (non-hydrogen) atoms. The van der Waals surface area contributed by atoms with Gasteiger partial charge in [0, 0.05) is 12.6 Å². The molecule has 1 aliphatic rings. The Morgan fingerprint density at radius 1 is 1.33 bits per heavy atom. The minimum atomic E-state index is -1.57. The molecule has 1 heterocycles. The van der Waals surface area contributed by atoms with Crippen LogP contribution in [0.3, 0.4) is 0 Å². The van der Waals surface area contributed by atoms with Crippen LogP contribution in [0.5, 0.6) is 0 Å². The molecule has 2 aromatic rings. The van der Waals surface area contributed by atoms with Gasteiger partial charge in [0.25, 0.3) is 5.91 Å². The fraction of sp³-hybridized carbons (Fsp3) is 0.412. The van der Waals surface area contributed by atoms with E-state index < -0.39 is 23.4 Å². The fourth-order valence-electron chi connectivity index (χ4n) is 2.99. The molecule has 1 aromatic carbocycles. The van der Waals surface area contributed by atoms with Crippen molar-refractivity contribution in [2.75, 3.05) is 7.05 Å². The van der Waals surface area contributed by atoms with Crippen molar-refractivity contribution in [2.24, 2.45) is 0 Å². The highest BCUT2D eigenvalue weighted by Gasteiger charge is 2.31. The van der Waals surface area contributed by atoms with Crippen molar-refractivity contribution in [2.45, 2.75) is 38.6 Å². The Morgan fingerprint density at radius 2 is 2.00 bits per heavy atom. The molecule has 1 amide bonds. The number of fused-ring (bicyclic) bond motifs is 1. The monoisotopic (exact) mass is 354 g/mol. The van der Waals surface area contributed by atoms with Gasteiger partial charge in [0.15, 0.2) is 17.5 Å². The topological polar surface area (TPSA) is 33.2 Å². The van der Waals surface area contributed by atoms with Crippen LogP contribution in [0.4, 0.5) is 13.2 Å². The number of halogens is 3. The minimum Gasteiger partial charge on any atom is -0.334 e. The van der Waals surface area contributed by atoms with Gasteiger partial charge in [0.2, 0.25) is 0 Å². The van der Waals surface area contributed by atoms with Crippen molar-refractivity contribution < 1.29 is 18.0 Å². The predicted molar refractivity (Wildman–Crippen MR) is 85.6 cm³/mol. The van der Waals surface area contributed by atoms with Gasteiger partial charge in [-0.2, -0.15) is 0 Å². The second-order valence-corrected chi connectivity index (χ2v) is 6.97. The molecule has 3 rings (SSSR count). The number of hydrogen-bond acceptors (Lipinski definition) is 3. The van der Waals surface area contributed by atoms with Crippen LogP contribution in [-0.4, -0.2) is 22.8 Å². The Hall–Kier alpha value is -1.89. The van der Waals surface area contributed by atoms with Crippen LogP contribution < -0.4 is 0 Å². The summed E-state index contributed by atoms with van der Waals surface area (Å²) in [5.41, 5.74) is 0.811. The van der Waals surface area contributed by atoms with E-state index in [2.05, 4.69) is 4.98 Å². The van der Waals surface area contributed by atoms with Crippen LogP contribution in [0.2, 0.25) is 0 Å². The van der Waals surface area contributed by atoms with Gasteiger partial charge in [0.1, 0.15) is 0 Å². The van der Waals surface area contributed by atoms with Gasteiger partial charge in [-0.25, -0.2) is 18.2 Å². The van der Waals surface area contributed by atoms with Gasteiger partial charge in [-0.15, -0.1) is 11.3 Å². The maximum Gasteiger partial charge on any atom is 0.254 e. The highest BCUT2D eigenvalue weighted by Crippen LogP contribution is 2.38. The third-order valence-corrected chi connectivity index (χ3v) is 5.63. The van der Waals surface area contributed by atoms with Crippen molar-refractivity contribution >= 4 is 17.2 Å². The quantitative estimate of drug-likeness (QED) is 0.771. The molecule has 128 valence electrons. The Labute approximate surface area is 142 Å².